The SMILES string of the molecule is C=CCN(CC(=O)O)C(=O)N1CCCC(C(C)C)CC1. The number of amides is 2. The summed E-state index contributed by atoms with van der Waals surface area (Å²) in [5.74, 6) is 0.295. The summed E-state index contributed by atoms with van der Waals surface area (Å²) >= 11 is 0. The lowest BCUT2D eigenvalue weighted by molar-refractivity contribution is -0.137. The van der Waals surface area contributed by atoms with E-state index in [1.54, 1.807) is 11.0 Å². The van der Waals surface area contributed by atoms with Crippen LogP contribution in [0.2, 0.25) is 0 Å². The fraction of sp³-hybridized carbons (Fsp3) is 0.733. The van der Waals surface area contributed by atoms with Crippen molar-refractivity contribution in [3.63, 3.8) is 0 Å². The Hall–Kier alpha value is -1.52. The largest absolute Gasteiger partial charge is 0.480 e. The second kappa shape index (κ2) is 7.92. The molecular weight excluding hydrogens is 256 g/mol. The van der Waals surface area contributed by atoms with Crippen LogP contribution >= 0.6 is 0 Å². The zero-order chi connectivity index (χ0) is 15.1. The zero-order valence-electron chi connectivity index (χ0n) is 12.5. The lowest BCUT2D eigenvalue weighted by Gasteiger charge is -2.28. The van der Waals surface area contributed by atoms with Gasteiger partial charge in [0, 0.05) is 19.6 Å². The zero-order valence-corrected chi connectivity index (χ0v) is 12.5. The number of hydrogen-bond donors (Lipinski definition) is 1. The third-order valence-electron chi connectivity index (χ3n) is 3.93. The first kappa shape index (κ1) is 16.5. The van der Waals surface area contributed by atoms with Crippen LogP contribution in [0.3, 0.4) is 0 Å². The Morgan fingerprint density at radius 1 is 1.40 bits per heavy atom. The molecule has 2 amide bonds. The molecule has 1 unspecified atom stereocenters. The van der Waals surface area contributed by atoms with E-state index in [1.807, 2.05) is 0 Å². The van der Waals surface area contributed by atoms with Gasteiger partial charge in [0.2, 0.25) is 0 Å². The number of carbonyl (C=O) groups is 2. The first-order valence-electron chi connectivity index (χ1n) is 7.32. The molecule has 5 nitrogen and oxygen atoms in total. The number of carboxylic acid groups (broad SMARTS) is 1. The van der Waals surface area contributed by atoms with Crippen LogP contribution in [0.25, 0.3) is 0 Å². The maximum Gasteiger partial charge on any atom is 0.323 e. The molecule has 20 heavy (non-hydrogen) atoms. The van der Waals surface area contributed by atoms with Crippen molar-refractivity contribution in [2.75, 3.05) is 26.2 Å². The van der Waals surface area contributed by atoms with E-state index in [0.717, 1.165) is 32.4 Å². The van der Waals surface area contributed by atoms with Crippen molar-refractivity contribution < 1.29 is 14.7 Å². The fourth-order valence-electron chi connectivity index (χ4n) is 2.71. The Morgan fingerprint density at radius 3 is 2.65 bits per heavy atom. The summed E-state index contributed by atoms with van der Waals surface area (Å²) in [7, 11) is 0. The van der Waals surface area contributed by atoms with Crippen LogP contribution in [-0.2, 0) is 4.79 Å². The molecule has 1 aliphatic heterocycles. The smallest absolute Gasteiger partial charge is 0.323 e. The van der Waals surface area contributed by atoms with E-state index in [9.17, 15) is 9.59 Å². The highest BCUT2D eigenvalue weighted by atomic mass is 16.4. The lowest BCUT2D eigenvalue weighted by Crippen LogP contribution is -2.45. The average molecular weight is 282 g/mol. The van der Waals surface area contributed by atoms with Gasteiger partial charge >= 0.3 is 12.0 Å². The quantitative estimate of drug-likeness (QED) is 0.788. The van der Waals surface area contributed by atoms with Crippen molar-refractivity contribution in [1.29, 1.82) is 0 Å². The summed E-state index contributed by atoms with van der Waals surface area (Å²) in [4.78, 5) is 26.4. The molecular formula is C15H26N2O3. The van der Waals surface area contributed by atoms with E-state index in [-0.39, 0.29) is 19.1 Å². The predicted molar refractivity (Wildman–Crippen MR) is 78.6 cm³/mol. The highest BCUT2D eigenvalue weighted by Gasteiger charge is 2.26. The van der Waals surface area contributed by atoms with Gasteiger partial charge in [0.25, 0.3) is 0 Å². The first-order chi connectivity index (χ1) is 9.45. The standard InChI is InChI=1S/C15H26N2O3/c1-4-8-17(11-14(18)19)15(20)16-9-5-6-13(7-10-16)12(2)3/h4,12-13H,1,5-11H2,2-3H3,(H,18,19). The van der Waals surface area contributed by atoms with Gasteiger partial charge in [0.1, 0.15) is 6.54 Å². The normalized spacial score (nSPS) is 19.6. The number of carbonyl (C=O) groups excluding carboxylic acids is 1. The van der Waals surface area contributed by atoms with E-state index in [0.29, 0.717) is 11.8 Å². The minimum absolute atomic E-state index is 0.184. The molecule has 114 valence electrons. The molecule has 0 aromatic heterocycles. The molecule has 1 saturated heterocycles. The van der Waals surface area contributed by atoms with Crippen LogP contribution in [0.4, 0.5) is 4.79 Å². The highest BCUT2D eigenvalue weighted by molar-refractivity contribution is 5.80. The molecule has 1 rings (SSSR count). The predicted octanol–water partition coefficient (Wildman–Crippen LogP) is 2.44. The Bertz CT molecular complexity index is 355. The summed E-state index contributed by atoms with van der Waals surface area (Å²) in [5.41, 5.74) is 0. The second-order valence-corrected chi connectivity index (χ2v) is 5.77. The molecule has 0 saturated carbocycles. The Morgan fingerprint density at radius 2 is 2.10 bits per heavy atom. The number of hydrogen-bond acceptors (Lipinski definition) is 2. The van der Waals surface area contributed by atoms with Crippen molar-refractivity contribution in [2.24, 2.45) is 11.8 Å². The van der Waals surface area contributed by atoms with Gasteiger partial charge in [0.05, 0.1) is 0 Å². The second-order valence-electron chi connectivity index (χ2n) is 5.77. The molecule has 0 aromatic carbocycles. The Kier molecular flexibility index (Phi) is 6.55. The van der Waals surface area contributed by atoms with Crippen LogP contribution in [-0.4, -0.2) is 53.1 Å². The van der Waals surface area contributed by atoms with Crippen LogP contribution < -0.4 is 0 Å². The summed E-state index contributed by atoms with van der Waals surface area (Å²) in [6.45, 7) is 9.46. The lowest BCUT2D eigenvalue weighted by atomic mass is 9.89. The monoisotopic (exact) mass is 282 g/mol. The number of rotatable bonds is 5. The van der Waals surface area contributed by atoms with E-state index >= 15 is 0 Å². The molecule has 1 atom stereocenters. The van der Waals surface area contributed by atoms with Crippen LogP contribution in [0.5, 0.6) is 0 Å². The topological polar surface area (TPSA) is 60.9 Å². The molecule has 1 N–H and O–H groups in total. The summed E-state index contributed by atoms with van der Waals surface area (Å²) < 4.78 is 0. The number of likely N-dealkylation sites (tertiary alicyclic amines) is 1. The molecule has 1 fully saturated rings. The van der Waals surface area contributed by atoms with Gasteiger partial charge in [-0.3, -0.25) is 4.79 Å². The van der Waals surface area contributed by atoms with Crippen LogP contribution in [0.15, 0.2) is 12.7 Å². The van der Waals surface area contributed by atoms with Gasteiger partial charge in [-0.05, 0) is 31.1 Å². The van der Waals surface area contributed by atoms with Crippen LogP contribution in [0, 0.1) is 11.8 Å². The van der Waals surface area contributed by atoms with Crippen molar-refractivity contribution in [3.05, 3.63) is 12.7 Å². The third-order valence-corrected chi connectivity index (χ3v) is 3.93. The molecule has 0 bridgehead atoms. The Labute approximate surface area is 121 Å². The molecule has 1 heterocycles. The Balaban J connectivity index is 2.64. The molecule has 5 heteroatoms. The number of carboxylic acids is 1. The number of aliphatic carboxylic acids is 1. The van der Waals surface area contributed by atoms with Gasteiger partial charge in [-0.1, -0.05) is 19.9 Å². The van der Waals surface area contributed by atoms with Crippen LogP contribution in [0.1, 0.15) is 33.1 Å². The number of urea groups is 1. The van der Waals surface area contributed by atoms with Crippen molar-refractivity contribution >= 4 is 12.0 Å². The maximum atomic E-state index is 12.4. The van der Waals surface area contributed by atoms with E-state index in [2.05, 4.69) is 20.4 Å². The summed E-state index contributed by atoms with van der Waals surface area (Å²) in [6, 6.07) is -0.184. The summed E-state index contributed by atoms with van der Waals surface area (Å²) in [5, 5.41) is 8.88. The van der Waals surface area contributed by atoms with Gasteiger partial charge in [0.15, 0.2) is 0 Å². The maximum absolute atomic E-state index is 12.4. The van der Waals surface area contributed by atoms with Gasteiger partial charge in [-0.15, -0.1) is 6.58 Å². The van der Waals surface area contributed by atoms with E-state index in [4.69, 9.17) is 5.11 Å². The first-order valence-corrected chi connectivity index (χ1v) is 7.32. The highest BCUT2D eigenvalue weighted by Crippen LogP contribution is 2.24. The van der Waals surface area contributed by atoms with Gasteiger partial charge in [-0.2, -0.15) is 0 Å². The minimum atomic E-state index is -0.991. The van der Waals surface area contributed by atoms with E-state index < -0.39 is 5.97 Å². The van der Waals surface area contributed by atoms with Crippen molar-refractivity contribution in [2.45, 2.75) is 33.1 Å². The molecule has 1 aliphatic rings. The molecule has 0 spiro atoms. The minimum Gasteiger partial charge on any atom is -0.480 e. The number of nitrogens with zero attached hydrogens (tertiary/aromatic N) is 2. The molecule has 0 aliphatic carbocycles. The molecule has 0 radical (unpaired) electrons. The van der Waals surface area contributed by atoms with Crippen molar-refractivity contribution in [1.82, 2.24) is 9.80 Å². The fourth-order valence-corrected chi connectivity index (χ4v) is 2.71. The van der Waals surface area contributed by atoms with Crippen molar-refractivity contribution in [3.8, 4) is 0 Å². The molecule has 0 aromatic rings. The van der Waals surface area contributed by atoms with Gasteiger partial charge < -0.3 is 14.9 Å². The van der Waals surface area contributed by atoms with E-state index in [1.165, 1.54) is 4.90 Å². The average Bonchev–Trinajstić information content (AvgIpc) is 2.62. The summed E-state index contributed by atoms with van der Waals surface area (Å²) in [6.07, 6.45) is 4.69. The third kappa shape index (κ3) is 4.87. The van der Waals surface area contributed by atoms with Gasteiger partial charge in [-0.25, -0.2) is 4.79 Å².